The van der Waals surface area contributed by atoms with Gasteiger partial charge in [-0.25, -0.2) is 14.6 Å². The van der Waals surface area contributed by atoms with Crippen molar-refractivity contribution in [3.63, 3.8) is 0 Å². The summed E-state index contributed by atoms with van der Waals surface area (Å²) in [5.41, 5.74) is 13.1. The maximum absolute atomic E-state index is 13.2. The van der Waals surface area contributed by atoms with Crippen LogP contribution in [0.3, 0.4) is 0 Å². The van der Waals surface area contributed by atoms with Crippen molar-refractivity contribution in [2.24, 2.45) is 11.8 Å². The van der Waals surface area contributed by atoms with Crippen LogP contribution in [-0.4, -0.2) is 83.1 Å². The van der Waals surface area contributed by atoms with Gasteiger partial charge in [-0.1, -0.05) is 90.8 Å². The highest BCUT2D eigenvalue weighted by atomic mass is 32.5. The molecule has 0 radical (unpaired) electrons. The highest BCUT2D eigenvalue weighted by molar-refractivity contribution is 8.46. The van der Waals surface area contributed by atoms with E-state index < -0.39 is 60.1 Å². The molecule has 0 aliphatic carbocycles. The van der Waals surface area contributed by atoms with Gasteiger partial charge in [-0.2, -0.15) is 10.2 Å². The van der Waals surface area contributed by atoms with Crippen molar-refractivity contribution < 1.29 is 62.8 Å². The summed E-state index contributed by atoms with van der Waals surface area (Å²) >= 11 is 0. The molecule has 1 atom stereocenters. The fraction of sp³-hybridized carbons (Fsp3) is 0.349. The van der Waals surface area contributed by atoms with Gasteiger partial charge in [0.05, 0.1) is 52.5 Å². The zero-order chi connectivity index (χ0) is 53.3. The van der Waals surface area contributed by atoms with Crippen molar-refractivity contribution in [1.29, 1.82) is 0 Å². The van der Waals surface area contributed by atoms with Gasteiger partial charge >= 0.3 is 44.1 Å². The highest BCUT2D eigenvalue weighted by Gasteiger charge is 2.66. The van der Waals surface area contributed by atoms with E-state index >= 15 is 0 Å². The Labute approximate surface area is 404 Å². The van der Waals surface area contributed by atoms with Gasteiger partial charge in [0.25, 0.3) is 0 Å². The van der Waals surface area contributed by atoms with Crippen molar-refractivity contribution in [3.05, 3.63) is 84.4 Å². The Kier molecular flexibility index (Phi) is 14.1. The Morgan fingerprint density at radius 1 is 0.681 bits per heavy atom. The Balaban J connectivity index is 0.000000239. The second-order valence-corrected chi connectivity index (χ2v) is 22.6. The number of amides is 4. The first-order valence-electron chi connectivity index (χ1n) is 21.8. The Morgan fingerprint density at radius 2 is 1.14 bits per heavy atom. The second kappa shape index (κ2) is 18.6. The number of pyridine rings is 2. The summed E-state index contributed by atoms with van der Waals surface area (Å²) in [6.07, 6.45) is 7.56. The third-order valence-corrected chi connectivity index (χ3v) is 13.0. The predicted molar refractivity (Wildman–Crippen MR) is 253 cm³/mol. The number of nitrogen functional groups attached to an aromatic ring is 2. The largest absolute Gasteiger partial charge is 0.383 e. The van der Waals surface area contributed by atoms with Crippen molar-refractivity contribution in [2.75, 3.05) is 41.8 Å². The van der Waals surface area contributed by atoms with E-state index in [9.17, 15) is 58.0 Å². The molecule has 4 aromatic heterocycles. The molecule has 1 aliphatic rings. The van der Waals surface area contributed by atoms with Crippen LogP contribution in [0.5, 0.6) is 0 Å². The lowest BCUT2D eigenvalue weighted by atomic mass is 10.1. The van der Waals surface area contributed by atoms with E-state index in [2.05, 4.69) is 35.9 Å². The average molecular weight is 1070 g/mol. The molecular formula is C43H50F10N12O5S2. The zero-order valence-electron chi connectivity index (χ0n) is 38.7. The normalized spacial score (nSPS) is 16.2. The number of hydrogen-bond acceptors (Lipinski definition) is 11. The summed E-state index contributed by atoms with van der Waals surface area (Å²) in [6.45, 7) is 7.30. The minimum Gasteiger partial charge on any atom is -0.383 e. The van der Waals surface area contributed by atoms with Crippen LogP contribution in [0.4, 0.5) is 61.9 Å². The number of halogens is 10. The molecule has 1 saturated heterocycles. The van der Waals surface area contributed by atoms with Gasteiger partial charge in [0.2, 0.25) is 0 Å². The molecule has 394 valence electrons. The molecule has 72 heavy (non-hydrogen) atoms. The second-order valence-electron chi connectivity index (χ2n) is 17.7. The predicted octanol–water partition coefficient (Wildman–Crippen LogP) is 10.8. The Bertz CT molecular complexity index is 3010. The lowest BCUT2D eigenvalue weighted by Gasteiger charge is -2.40. The maximum Gasteiger partial charge on any atom is 0.314 e. The monoisotopic (exact) mass is 1070 g/mol. The Morgan fingerprint density at radius 3 is 1.58 bits per heavy atom. The minimum atomic E-state index is -9.83. The van der Waals surface area contributed by atoms with Crippen LogP contribution in [0.2, 0.25) is 0 Å². The van der Waals surface area contributed by atoms with Gasteiger partial charge in [0.15, 0.2) is 6.23 Å². The molecule has 1 aliphatic heterocycles. The third-order valence-electron chi connectivity index (χ3n) is 10.7. The van der Waals surface area contributed by atoms with Crippen LogP contribution >= 0.6 is 20.4 Å². The van der Waals surface area contributed by atoms with E-state index in [0.29, 0.717) is 34.8 Å². The quantitative estimate of drug-likeness (QED) is 0.0539. The van der Waals surface area contributed by atoms with E-state index in [1.807, 2.05) is 0 Å². The molecule has 29 heteroatoms. The fourth-order valence-corrected chi connectivity index (χ4v) is 8.76. The number of nitrogens with one attached hydrogen (secondary N) is 3. The van der Waals surface area contributed by atoms with Gasteiger partial charge in [-0.15, -0.1) is 0 Å². The Hall–Kier alpha value is -6.88. The van der Waals surface area contributed by atoms with Crippen LogP contribution in [-0.2, 0) is 37.0 Å². The molecule has 17 nitrogen and oxygen atoms in total. The first kappa shape index (κ1) is 54.5. The molecule has 6 aromatic rings. The zero-order valence-corrected chi connectivity index (χ0v) is 40.4. The molecule has 7 rings (SSSR count). The number of carbonyl (C=O) groups excluding carboxylic acids is 4. The molecular weight excluding hydrogens is 1020 g/mol. The van der Waals surface area contributed by atoms with Gasteiger partial charge in [0, 0.05) is 32.8 Å². The number of rotatable bonds is 13. The SMILES string of the molecule is CC(C)CN(Cc1ccc(S(F)(F)(F)(F)F)cc1)C(=O)C(=O)Nc1cnc(N)c2cn[nH]c12.CC(C)CN(Cc1ccc(S(F)(F)(F)(F)F)cc1)C(=O)C(=O)Nc1cnc(N)c2cnn(C3CCCCO3)c12. The molecule has 0 bridgehead atoms. The number of nitrogens with two attached hydrogens (primary N) is 2. The number of aromatic nitrogens is 6. The molecule has 4 amide bonds. The summed E-state index contributed by atoms with van der Waals surface area (Å²) in [5.74, 6) is -3.85. The fourth-order valence-electron chi connectivity index (χ4n) is 7.46. The number of hydrogen-bond donors (Lipinski definition) is 5. The van der Waals surface area contributed by atoms with E-state index in [1.54, 1.807) is 32.4 Å². The number of aromatic amines is 1. The first-order chi connectivity index (χ1) is 33.1. The molecule has 7 N–H and O–H groups in total. The highest BCUT2D eigenvalue weighted by Crippen LogP contribution is 3.02. The van der Waals surface area contributed by atoms with Crippen LogP contribution < -0.4 is 22.1 Å². The topological polar surface area (TPSA) is 232 Å². The molecule has 1 fully saturated rings. The number of carbonyl (C=O) groups is 4. The molecule has 0 spiro atoms. The van der Waals surface area contributed by atoms with E-state index in [-0.39, 0.29) is 96.4 Å². The van der Waals surface area contributed by atoms with Crippen LogP contribution in [0, 0.1) is 11.8 Å². The third kappa shape index (κ3) is 13.5. The van der Waals surface area contributed by atoms with Crippen LogP contribution in [0.1, 0.15) is 64.3 Å². The van der Waals surface area contributed by atoms with Crippen LogP contribution in [0.25, 0.3) is 21.8 Å². The summed E-state index contributed by atoms with van der Waals surface area (Å²) in [7, 11) is -19.6. The summed E-state index contributed by atoms with van der Waals surface area (Å²) in [4.78, 5) is 57.8. The average Bonchev–Trinajstić information content (AvgIpc) is 3.97. The standard InChI is InChI=1S/C24H29F5N6O3S.C19H21F5N6O2S/c1-15(2)13-34(14-16-6-8-17(9-7-16)39(25,26,27,28)29)24(37)23(36)33-19-12-31-22(30)18-11-32-35(21(18)19)20-5-3-4-10-38-20;1-11(2)9-30(10-12-3-5-13(6-4-12)33(20,21,22,23)24)19(32)18(31)28-15-8-26-17(25)14-7-27-29-16(14)15/h6-9,11-12,15,20H,3-5,10,13-14H2,1-2H3,(H2,30,31)(H,33,36);3-8,11H,9-10H2,1-2H3,(H2,25,26)(H,27,29)(H,28,31). The van der Waals surface area contributed by atoms with Gasteiger partial charge in [-0.05, 0) is 66.5 Å². The van der Waals surface area contributed by atoms with Gasteiger partial charge in [0.1, 0.15) is 26.9 Å². The number of fused-ring (bicyclic) bond motifs is 2. The molecule has 5 heterocycles. The van der Waals surface area contributed by atoms with Crippen molar-refractivity contribution in [3.8, 4) is 0 Å². The van der Waals surface area contributed by atoms with E-state index in [0.717, 1.165) is 46.9 Å². The van der Waals surface area contributed by atoms with E-state index in [4.69, 9.17) is 16.2 Å². The summed E-state index contributed by atoms with van der Waals surface area (Å²) < 4.78 is 137. The lowest BCUT2D eigenvalue weighted by molar-refractivity contribution is -0.144. The number of ether oxygens (including phenoxy) is 1. The molecule has 2 aromatic carbocycles. The number of H-pyrrole nitrogens is 1. The number of nitrogens with zero attached hydrogens (tertiary/aromatic N) is 7. The molecule has 1 unspecified atom stereocenters. The van der Waals surface area contributed by atoms with E-state index in [1.165, 1.54) is 24.8 Å². The smallest absolute Gasteiger partial charge is 0.314 e. The molecule has 0 saturated carbocycles. The lowest BCUT2D eigenvalue weighted by Crippen LogP contribution is -2.41. The van der Waals surface area contributed by atoms with Crippen molar-refractivity contribution in [1.82, 2.24) is 39.7 Å². The maximum atomic E-state index is 13.2. The minimum absolute atomic E-state index is 0.0821. The summed E-state index contributed by atoms with van der Waals surface area (Å²) in [5, 5.41) is 16.7. The number of anilines is 4. The first-order valence-corrected chi connectivity index (χ1v) is 25.7. The van der Waals surface area contributed by atoms with Gasteiger partial charge in [-0.3, -0.25) is 24.3 Å². The van der Waals surface area contributed by atoms with Gasteiger partial charge < -0.3 is 36.6 Å². The van der Waals surface area contributed by atoms with Crippen molar-refractivity contribution in [2.45, 2.75) is 76.1 Å². The van der Waals surface area contributed by atoms with Crippen LogP contribution in [0.15, 0.2) is 83.1 Å². The van der Waals surface area contributed by atoms with Crippen molar-refractivity contribution >= 4 is 88.9 Å². The summed E-state index contributed by atoms with van der Waals surface area (Å²) in [6, 6.07) is 4.52. The number of benzene rings is 2.